The van der Waals surface area contributed by atoms with Gasteiger partial charge in [-0.2, -0.15) is 5.26 Å². The Balaban J connectivity index is 1.54. The summed E-state index contributed by atoms with van der Waals surface area (Å²) in [5.74, 6) is 0.585. The number of hydrogen-bond acceptors (Lipinski definition) is 9. The number of carbonyl (C=O) groups excluding carboxylic acids is 1. The Bertz CT molecular complexity index is 1210. The van der Waals surface area contributed by atoms with Gasteiger partial charge in [0.15, 0.2) is 11.9 Å². The van der Waals surface area contributed by atoms with Crippen molar-refractivity contribution in [3.05, 3.63) is 34.4 Å². The van der Waals surface area contributed by atoms with Crippen LogP contribution in [-0.2, 0) is 14.4 Å². The quantitative estimate of drug-likeness (QED) is 0.204. The van der Waals surface area contributed by atoms with Crippen molar-refractivity contribution in [3.63, 3.8) is 0 Å². The van der Waals surface area contributed by atoms with Crippen molar-refractivity contribution < 1.29 is 19.5 Å². The van der Waals surface area contributed by atoms with Crippen LogP contribution < -0.4 is 5.01 Å². The lowest BCUT2D eigenvalue weighted by atomic mass is 9.95. The van der Waals surface area contributed by atoms with Crippen molar-refractivity contribution >= 4 is 28.0 Å². The number of nitrogens with zero attached hydrogens (tertiary/aromatic N) is 6. The van der Waals surface area contributed by atoms with Crippen molar-refractivity contribution in [3.8, 4) is 6.07 Å². The standard InChI is InChI=1S/C22H27N7O5/c1-15(34-19(30)4-2-3-13-33-29(31)32)22-26-18-14-25-21-17(6-10-24-21)20(18)28(22)27-11-7-16(5-9-23)8-12-27/h6,10,14-16H,2-5,7-8,11-13H2,1H3,(H,24,25). The summed E-state index contributed by atoms with van der Waals surface area (Å²) in [5, 5.41) is 21.5. The van der Waals surface area contributed by atoms with Crippen LogP contribution in [0.15, 0.2) is 18.5 Å². The Morgan fingerprint density at radius 2 is 2.21 bits per heavy atom. The first kappa shape index (κ1) is 23.3. The molecule has 0 spiro atoms. The third-order valence-electron chi connectivity index (χ3n) is 6.10. The summed E-state index contributed by atoms with van der Waals surface area (Å²) in [4.78, 5) is 39.2. The van der Waals surface area contributed by atoms with Crippen molar-refractivity contribution in [1.29, 1.82) is 5.26 Å². The van der Waals surface area contributed by atoms with Gasteiger partial charge in [0.1, 0.15) is 16.7 Å². The molecule has 1 unspecified atom stereocenters. The molecule has 1 fully saturated rings. The average molecular weight is 470 g/mol. The van der Waals surface area contributed by atoms with Gasteiger partial charge < -0.3 is 19.6 Å². The van der Waals surface area contributed by atoms with Crippen molar-refractivity contribution in [2.24, 2.45) is 5.92 Å². The minimum Gasteiger partial charge on any atom is -0.454 e. The Kier molecular flexibility index (Phi) is 7.10. The van der Waals surface area contributed by atoms with Crippen LogP contribution in [0.2, 0.25) is 0 Å². The number of unbranched alkanes of at least 4 members (excludes halogenated alkanes) is 1. The summed E-state index contributed by atoms with van der Waals surface area (Å²) in [5.41, 5.74) is 2.36. The van der Waals surface area contributed by atoms with Crippen LogP contribution in [0.3, 0.4) is 0 Å². The van der Waals surface area contributed by atoms with E-state index in [0.717, 1.165) is 42.5 Å². The number of rotatable bonds is 10. The predicted octanol–water partition coefficient (Wildman–Crippen LogP) is 3.16. The van der Waals surface area contributed by atoms with Crippen LogP contribution in [0.4, 0.5) is 0 Å². The molecule has 0 amide bonds. The molecule has 12 nitrogen and oxygen atoms in total. The van der Waals surface area contributed by atoms with E-state index in [4.69, 9.17) is 15.0 Å². The number of esters is 1. The molecule has 4 rings (SSSR count). The second-order valence-corrected chi connectivity index (χ2v) is 8.42. The number of nitriles is 1. The molecule has 4 heterocycles. The maximum atomic E-state index is 12.4. The first-order chi connectivity index (χ1) is 16.5. The van der Waals surface area contributed by atoms with Crippen LogP contribution >= 0.6 is 0 Å². The van der Waals surface area contributed by atoms with E-state index < -0.39 is 17.2 Å². The van der Waals surface area contributed by atoms with Gasteiger partial charge in [0.05, 0.1) is 18.9 Å². The van der Waals surface area contributed by atoms with Gasteiger partial charge in [-0.3, -0.25) is 4.79 Å². The molecule has 0 saturated carbocycles. The number of pyridine rings is 1. The summed E-state index contributed by atoms with van der Waals surface area (Å²) < 4.78 is 7.72. The Morgan fingerprint density at radius 3 is 2.94 bits per heavy atom. The number of piperidine rings is 1. The largest absolute Gasteiger partial charge is 0.454 e. The number of carbonyl (C=O) groups is 1. The fraction of sp³-hybridized carbons (Fsp3) is 0.545. The summed E-state index contributed by atoms with van der Waals surface area (Å²) in [6, 6.07) is 4.23. The van der Waals surface area contributed by atoms with Gasteiger partial charge in [0, 0.05) is 37.5 Å². The Morgan fingerprint density at radius 1 is 1.41 bits per heavy atom. The topological polar surface area (TPSA) is 152 Å². The Hall–Kier alpha value is -3.88. The molecule has 1 saturated heterocycles. The lowest BCUT2D eigenvalue weighted by Gasteiger charge is -2.35. The SMILES string of the molecule is CC(OC(=O)CCCCO[N+](=O)[O-])c1nc2cnc3[nH]ccc3c2n1N1CCC(CC#N)CC1. The molecule has 1 N–H and O–H groups in total. The summed E-state index contributed by atoms with van der Waals surface area (Å²) in [6.07, 6.45) is 6.23. The highest BCUT2D eigenvalue weighted by atomic mass is 16.9. The molecule has 1 aliphatic heterocycles. The number of fused-ring (bicyclic) bond motifs is 3. The van der Waals surface area contributed by atoms with E-state index in [2.05, 4.69) is 25.9 Å². The molecule has 1 atom stereocenters. The zero-order chi connectivity index (χ0) is 24.1. The third-order valence-corrected chi connectivity index (χ3v) is 6.10. The van der Waals surface area contributed by atoms with Crippen molar-refractivity contribution in [2.75, 3.05) is 24.7 Å². The second-order valence-electron chi connectivity index (χ2n) is 8.42. The molecule has 0 radical (unpaired) electrons. The van der Waals surface area contributed by atoms with E-state index in [9.17, 15) is 14.9 Å². The van der Waals surface area contributed by atoms with Crippen LogP contribution in [0, 0.1) is 27.4 Å². The molecule has 180 valence electrons. The summed E-state index contributed by atoms with van der Waals surface area (Å²) in [7, 11) is 0. The first-order valence-electron chi connectivity index (χ1n) is 11.4. The van der Waals surface area contributed by atoms with Crippen LogP contribution in [0.25, 0.3) is 22.1 Å². The minimum absolute atomic E-state index is 0.0486. The van der Waals surface area contributed by atoms with E-state index in [-0.39, 0.29) is 13.0 Å². The smallest absolute Gasteiger partial charge is 0.306 e. The third kappa shape index (κ3) is 5.03. The van der Waals surface area contributed by atoms with Crippen LogP contribution in [-0.4, -0.2) is 50.4 Å². The molecule has 0 bridgehead atoms. The highest BCUT2D eigenvalue weighted by Crippen LogP contribution is 2.30. The van der Waals surface area contributed by atoms with Gasteiger partial charge in [0.25, 0.3) is 5.09 Å². The highest BCUT2D eigenvalue weighted by Gasteiger charge is 2.28. The van der Waals surface area contributed by atoms with Gasteiger partial charge in [-0.25, -0.2) is 14.6 Å². The first-order valence-corrected chi connectivity index (χ1v) is 11.4. The number of ether oxygens (including phenoxy) is 1. The van der Waals surface area contributed by atoms with E-state index in [1.54, 1.807) is 13.1 Å². The zero-order valence-corrected chi connectivity index (χ0v) is 19.0. The predicted molar refractivity (Wildman–Crippen MR) is 122 cm³/mol. The molecular formula is C22H27N7O5. The van der Waals surface area contributed by atoms with Gasteiger partial charge in [-0.05, 0) is 44.6 Å². The normalized spacial score (nSPS) is 15.4. The molecule has 0 aromatic carbocycles. The van der Waals surface area contributed by atoms with E-state index in [0.29, 0.717) is 36.5 Å². The molecule has 0 aliphatic carbocycles. The van der Waals surface area contributed by atoms with Gasteiger partial charge >= 0.3 is 5.97 Å². The fourth-order valence-electron chi connectivity index (χ4n) is 4.39. The van der Waals surface area contributed by atoms with Crippen LogP contribution in [0.1, 0.15) is 57.4 Å². The van der Waals surface area contributed by atoms with E-state index >= 15 is 0 Å². The maximum absolute atomic E-state index is 12.4. The maximum Gasteiger partial charge on any atom is 0.306 e. The number of aromatic nitrogens is 4. The van der Waals surface area contributed by atoms with Crippen LogP contribution in [0.5, 0.6) is 0 Å². The zero-order valence-electron chi connectivity index (χ0n) is 19.0. The molecular weight excluding hydrogens is 442 g/mol. The number of H-pyrrole nitrogens is 1. The molecule has 3 aromatic heterocycles. The van der Waals surface area contributed by atoms with E-state index in [1.807, 2.05) is 16.9 Å². The fourth-order valence-corrected chi connectivity index (χ4v) is 4.39. The summed E-state index contributed by atoms with van der Waals surface area (Å²) >= 11 is 0. The number of hydrogen-bond donors (Lipinski definition) is 1. The van der Waals surface area contributed by atoms with Gasteiger partial charge in [0.2, 0.25) is 0 Å². The molecule has 3 aromatic rings. The molecule has 1 aliphatic rings. The number of imidazole rings is 1. The van der Waals surface area contributed by atoms with Crippen molar-refractivity contribution in [2.45, 2.75) is 51.6 Å². The lowest BCUT2D eigenvalue weighted by molar-refractivity contribution is -0.757. The van der Waals surface area contributed by atoms with Gasteiger partial charge in [-0.15, -0.1) is 10.1 Å². The number of aromatic amines is 1. The Labute approximate surface area is 195 Å². The average Bonchev–Trinajstić information content (AvgIpc) is 3.44. The molecule has 12 heteroatoms. The monoisotopic (exact) mass is 469 g/mol. The van der Waals surface area contributed by atoms with Gasteiger partial charge in [-0.1, -0.05) is 0 Å². The molecule has 34 heavy (non-hydrogen) atoms. The minimum atomic E-state index is -0.843. The second kappa shape index (κ2) is 10.4. The van der Waals surface area contributed by atoms with Crippen molar-refractivity contribution in [1.82, 2.24) is 19.6 Å². The highest BCUT2D eigenvalue weighted by molar-refractivity contribution is 6.01. The number of nitrogens with one attached hydrogen (secondary N) is 1. The van der Waals surface area contributed by atoms with E-state index in [1.165, 1.54) is 0 Å². The summed E-state index contributed by atoms with van der Waals surface area (Å²) in [6.45, 7) is 3.26. The lowest BCUT2D eigenvalue weighted by Crippen LogP contribution is -2.43.